The predicted molar refractivity (Wildman–Crippen MR) is 86.7 cm³/mol. The fourth-order valence-corrected chi connectivity index (χ4v) is 3.72. The first-order valence-electron chi connectivity index (χ1n) is 7.02. The number of aliphatic carboxylic acids is 1. The number of halogens is 1. The Labute approximate surface area is 137 Å². The summed E-state index contributed by atoms with van der Waals surface area (Å²) in [5.41, 5.74) is 2.30. The van der Waals surface area contributed by atoms with E-state index in [9.17, 15) is 4.79 Å². The molecule has 4 nitrogen and oxygen atoms in total. The molecule has 1 aliphatic heterocycles. The summed E-state index contributed by atoms with van der Waals surface area (Å²) in [5.74, 6) is -0.398. The normalized spacial score (nSPS) is 14.6. The largest absolute Gasteiger partial charge is 0.482 e. The summed E-state index contributed by atoms with van der Waals surface area (Å²) in [4.78, 5) is 14.5. The van der Waals surface area contributed by atoms with Crippen LogP contribution in [0.3, 0.4) is 0 Å². The molecule has 3 rings (SSSR count). The van der Waals surface area contributed by atoms with Crippen LogP contribution in [0.4, 0.5) is 0 Å². The van der Waals surface area contributed by atoms with Gasteiger partial charge in [0.15, 0.2) is 6.61 Å². The molecule has 2 heterocycles. The molecule has 0 amide bonds. The Morgan fingerprint density at radius 1 is 1.41 bits per heavy atom. The molecule has 116 valence electrons. The molecule has 1 aliphatic rings. The van der Waals surface area contributed by atoms with E-state index in [4.69, 9.17) is 21.4 Å². The number of thiophene rings is 1. The molecular weight excluding hydrogens is 322 g/mol. The van der Waals surface area contributed by atoms with Crippen molar-refractivity contribution in [1.82, 2.24) is 4.90 Å². The lowest BCUT2D eigenvalue weighted by Gasteiger charge is -2.27. The van der Waals surface area contributed by atoms with E-state index in [2.05, 4.69) is 16.3 Å². The third-order valence-corrected chi connectivity index (χ3v) is 4.91. The van der Waals surface area contributed by atoms with Crippen molar-refractivity contribution in [1.29, 1.82) is 0 Å². The van der Waals surface area contributed by atoms with Gasteiger partial charge < -0.3 is 9.84 Å². The van der Waals surface area contributed by atoms with Gasteiger partial charge in [0.25, 0.3) is 0 Å². The number of benzene rings is 1. The molecule has 1 aromatic heterocycles. The number of hydrogen-bond donors (Lipinski definition) is 1. The van der Waals surface area contributed by atoms with Gasteiger partial charge in [-0.3, -0.25) is 4.90 Å². The first-order valence-corrected chi connectivity index (χ1v) is 8.28. The minimum atomic E-state index is -0.984. The van der Waals surface area contributed by atoms with E-state index in [1.807, 2.05) is 17.4 Å². The Bertz CT molecular complexity index is 686. The van der Waals surface area contributed by atoms with Crippen LogP contribution in [0.15, 0.2) is 29.6 Å². The van der Waals surface area contributed by atoms with E-state index in [0.717, 1.165) is 25.1 Å². The van der Waals surface area contributed by atoms with Crippen molar-refractivity contribution in [2.24, 2.45) is 0 Å². The lowest BCUT2D eigenvalue weighted by atomic mass is 10.1. The maximum absolute atomic E-state index is 10.7. The summed E-state index contributed by atoms with van der Waals surface area (Å²) < 4.78 is 5.37. The Morgan fingerprint density at radius 2 is 2.27 bits per heavy atom. The Kier molecular flexibility index (Phi) is 4.66. The van der Waals surface area contributed by atoms with Gasteiger partial charge in [-0.2, -0.15) is 0 Å². The summed E-state index contributed by atoms with van der Waals surface area (Å²) in [6.07, 6.45) is 1.05. The molecule has 0 saturated carbocycles. The fraction of sp³-hybridized carbons (Fsp3) is 0.312. The Hall–Kier alpha value is -1.56. The lowest BCUT2D eigenvalue weighted by Crippen LogP contribution is -2.29. The molecule has 0 radical (unpaired) electrons. The quantitative estimate of drug-likeness (QED) is 0.908. The van der Waals surface area contributed by atoms with Gasteiger partial charge >= 0.3 is 5.97 Å². The number of carbonyl (C=O) groups is 1. The number of ether oxygens (including phenoxy) is 1. The van der Waals surface area contributed by atoms with Crippen molar-refractivity contribution in [2.75, 3.05) is 13.2 Å². The standard InChI is InChI=1S/C16H16ClNO3S/c17-13-1-2-14(21-10-16(19)20)12(7-13)9-18-5-3-15-11(8-18)4-6-22-15/h1-2,4,6-7H,3,5,8-10H2,(H,19,20). The van der Waals surface area contributed by atoms with Crippen LogP contribution >= 0.6 is 22.9 Å². The smallest absolute Gasteiger partial charge is 0.341 e. The number of fused-ring (bicyclic) bond motifs is 1. The second kappa shape index (κ2) is 6.69. The van der Waals surface area contributed by atoms with E-state index in [1.165, 1.54) is 10.4 Å². The number of carboxylic acids is 1. The van der Waals surface area contributed by atoms with Crippen LogP contribution in [0.2, 0.25) is 5.02 Å². The van der Waals surface area contributed by atoms with Crippen molar-refractivity contribution >= 4 is 28.9 Å². The second-order valence-electron chi connectivity index (χ2n) is 5.26. The van der Waals surface area contributed by atoms with Crippen molar-refractivity contribution in [2.45, 2.75) is 19.5 Å². The van der Waals surface area contributed by atoms with Crippen LogP contribution in [-0.4, -0.2) is 29.1 Å². The third-order valence-electron chi connectivity index (χ3n) is 3.65. The highest BCUT2D eigenvalue weighted by Crippen LogP contribution is 2.28. The molecule has 1 N–H and O–H groups in total. The molecule has 2 aromatic rings. The average molecular weight is 338 g/mol. The van der Waals surface area contributed by atoms with E-state index < -0.39 is 5.97 Å². The SMILES string of the molecule is O=C(O)COc1ccc(Cl)cc1CN1CCc2sccc2C1. The molecule has 22 heavy (non-hydrogen) atoms. The molecule has 0 saturated heterocycles. The number of rotatable bonds is 5. The van der Waals surface area contributed by atoms with E-state index in [-0.39, 0.29) is 6.61 Å². The fourth-order valence-electron chi connectivity index (χ4n) is 2.63. The highest BCUT2D eigenvalue weighted by molar-refractivity contribution is 7.10. The zero-order valence-corrected chi connectivity index (χ0v) is 13.5. The van der Waals surface area contributed by atoms with E-state index in [1.54, 1.807) is 12.1 Å². The molecule has 0 atom stereocenters. The van der Waals surface area contributed by atoms with Gasteiger partial charge in [0.05, 0.1) is 0 Å². The number of carboxylic acid groups (broad SMARTS) is 1. The van der Waals surface area contributed by atoms with Gasteiger partial charge in [0.1, 0.15) is 5.75 Å². The summed E-state index contributed by atoms with van der Waals surface area (Å²) in [5, 5.41) is 11.5. The van der Waals surface area contributed by atoms with Crippen molar-refractivity contribution in [3.05, 3.63) is 50.7 Å². The topological polar surface area (TPSA) is 49.8 Å². The van der Waals surface area contributed by atoms with E-state index in [0.29, 0.717) is 17.3 Å². The molecule has 0 aliphatic carbocycles. The zero-order chi connectivity index (χ0) is 15.5. The van der Waals surface area contributed by atoms with Gasteiger partial charge in [-0.05, 0) is 41.6 Å². The van der Waals surface area contributed by atoms with Crippen LogP contribution in [-0.2, 0) is 24.3 Å². The van der Waals surface area contributed by atoms with Gasteiger partial charge in [-0.25, -0.2) is 4.79 Å². The van der Waals surface area contributed by atoms with Crippen LogP contribution in [0.1, 0.15) is 16.0 Å². The summed E-state index contributed by atoms with van der Waals surface area (Å²) >= 11 is 7.89. The maximum atomic E-state index is 10.7. The molecule has 0 bridgehead atoms. The molecule has 0 spiro atoms. The molecule has 0 unspecified atom stereocenters. The van der Waals surface area contributed by atoms with Gasteiger partial charge in [0.2, 0.25) is 0 Å². The first-order chi connectivity index (χ1) is 10.6. The highest BCUT2D eigenvalue weighted by atomic mass is 35.5. The monoisotopic (exact) mass is 337 g/mol. The van der Waals surface area contributed by atoms with E-state index >= 15 is 0 Å². The van der Waals surface area contributed by atoms with Crippen LogP contribution < -0.4 is 4.74 Å². The van der Waals surface area contributed by atoms with Crippen LogP contribution in [0.25, 0.3) is 0 Å². The molecule has 1 aromatic carbocycles. The molecule has 0 fully saturated rings. The van der Waals surface area contributed by atoms with Gasteiger partial charge in [-0.1, -0.05) is 11.6 Å². The van der Waals surface area contributed by atoms with Crippen molar-refractivity contribution in [3.63, 3.8) is 0 Å². The number of hydrogen-bond acceptors (Lipinski definition) is 4. The van der Waals surface area contributed by atoms with Crippen molar-refractivity contribution in [3.8, 4) is 5.75 Å². The maximum Gasteiger partial charge on any atom is 0.341 e. The molecule has 6 heteroatoms. The Morgan fingerprint density at radius 3 is 3.09 bits per heavy atom. The summed E-state index contributed by atoms with van der Waals surface area (Å²) in [6.45, 7) is 2.25. The minimum absolute atomic E-state index is 0.344. The van der Waals surface area contributed by atoms with Crippen LogP contribution in [0, 0.1) is 0 Å². The highest BCUT2D eigenvalue weighted by Gasteiger charge is 2.19. The minimum Gasteiger partial charge on any atom is -0.482 e. The Balaban J connectivity index is 1.74. The van der Waals surface area contributed by atoms with Gasteiger partial charge in [0, 0.05) is 35.1 Å². The summed E-state index contributed by atoms with van der Waals surface area (Å²) in [6, 6.07) is 7.48. The molecular formula is C16H16ClNO3S. The summed E-state index contributed by atoms with van der Waals surface area (Å²) in [7, 11) is 0. The predicted octanol–water partition coefficient (Wildman–Crippen LogP) is 3.42. The second-order valence-corrected chi connectivity index (χ2v) is 6.70. The van der Waals surface area contributed by atoms with Crippen LogP contribution in [0.5, 0.6) is 5.75 Å². The first kappa shape index (κ1) is 15.3. The third kappa shape index (κ3) is 3.61. The average Bonchev–Trinajstić information content (AvgIpc) is 2.94. The van der Waals surface area contributed by atoms with Crippen molar-refractivity contribution < 1.29 is 14.6 Å². The zero-order valence-electron chi connectivity index (χ0n) is 11.9. The van der Waals surface area contributed by atoms with Gasteiger partial charge in [-0.15, -0.1) is 11.3 Å². The number of nitrogens with zero attached hydrogens (tertiary/aromatic N) is 1. The lowest BCUT2D eigenvalue weighted by molar-refractivity contribution is -0.139.